The van der Waals surface area contributed by atoms with E-state index >= 15 is 0 Å². The third kappa shape index (κ3) is 3.00. The van der Waals surface area contributed by atoms with Crippen LogP contribution in [-0.4, -0.2) is 22.2 Å². The fourth-order valence-electron chi connectivity index (χ4n) is 1.51. The van der Waals surface area contributed by atoms with Gasteiger partial charge in [0.25, 0.3) is 0 Å². The van der Waals surface area contributed by atoms with E-state index in [1.807, 2.05) is 50.4 Å². The number of nitrogens with two attached hydrogens (primary N) is 1. The number of nitrogens with one attached hydrogen (secondary N) is 1. The molecule has 0 atom stereocenters. The van der Waals surface area contributed by atoms with Crippen LogP contribution in [0.4, 0.5) is 5.69 Å². The maximum Gasteiger partial charge on any atom is 0.231 e. The zero-order valence-electron chi connectivity index (χ0n) is 11.1. The number of nitrogens with zero attached hydrogens (tertiary/aromatic N) is 2. The van der Waals surface area contributed by atoms with Gasteiger partial charge in [0, 0.05) is 24.6 Å². The van der Waals surface area contributed by atoms with E-state index in [2.05, 4.69) is 10.4 Å². The third-order valence-electron chi connectivity index (χ3n) is 3.02. The minimum Gasteiger partial charge on any atom is -0.329 e. The van der Waals surface area contributed by atoms with Gasteiger partial charge >= 0.3 is 0 Å². The maximum atomic E-state index is 12.0. The van der Waals surface area contributed by atoms with Crippen LogP contribution in [0.1, 0.15) is 13.8 Å². The van der Waals surface area contributed by atoms with Crippen molar-refractivity contribution in [1.82, 2.24) is 9.78 Å². The SMILES string of the molecule is CC(C)(CN)C(=O)Nc1ccc(-n2cccn2)cc1. The lowest BCUT2D eigenvalue weighted by Gasteiger charge is -2.21. The number of benzene rings is 1. The zero-order valence-corrected chi connectivity index (χ0v) is 11.1. The number of amides is 1. The van der Waals surface area contributed by atoms with Crippen LogP contribution in [0.15, 0.2) is 42.7 Å². The summed E-state index contributed by atoms with van der Waals surface area (Å²) in [6.45, 7) is 3.95. The molecule has 1 heterocycles. The highest BCUT2D eigenvalue weighted by atomic mass is 16.2. The Kier molecular flexibility index (Phi) is 3.66. The summed E-state index contributed by atoms with van der Waals surface area (Å²) in [5.41, 5.74) is 6.71. The number of carbonyl (C=O) groups excluding carboxylic acids is 1. The van der Waals surface area contributed by atoms with Crippen LogP contribution in [0.5, 0.6) is 0 Å². The molecule has 1 amide bonds. The molecule has 5 nitrogen and oxygen atoms in total. The predicted molar refractivity (Wildman–Crippen MR) is 75.0 cm³/mol. The Morgan fingerprint density at radius 2 is 2.05 bits per heavy atom. The average Bonchev–Trinajstić information content (AvgIpc) is 2.93. The van der Waals surface area contributed by atoms with Crippen LogP contribution in [0.3, 0.4) is 0 Å². The molecule has 0 spiro atoms. The number of rotatable bonds is 4. The molecule has 0 saturated heterocycles. The quantitative estimate of drug-likeness (QED) is 0.878. The molecular formula is C14H18N4O. The van der Waals surface area contributed by atoms with Gasteiger partial charge in [0.05, 0.1) is 11.1 Å². The first-order valence-corrected chi connectivity index (χ1v) is 6.14. The van der Waals surface area contributed by atoms with E-state index in [-0.39, 0.29) is 5.91 Å². The van der Waals surface area contributed by atoms with Gasteiger partial charge in [-0.25, -0.2) is 4.68 Å². The summed E-state index contributed by atoms with van der Waals surface area (Å²) < 4.78 is 1.76. The van der Waals surface area contributed by atoms with Gasteiger partial charge < -0.3 is 11.1 Å². The van der Waals surface area contributed by atoms with Crippen molar-refractivity contribution in [1.29, 1.82) is 0 Å². The molecule has 1 aromatic carbocycles. The third-order valence-corrected chi connectivity index (χ3v) is 3.02. The Hall–Kier alpha value is -2.14. The van der Waals surface area contributed by atoms with Crippen molar-refractivity contribution in [3.63, 3.8) is 0 Å². The number of aromatic nitrogens is 2. The highest BCUT2D eigenvalue weighted by Gasteiger charge is 2.25. The van der Waals surface area contributed by atoms with Crippen molar-refractivity contribution in [2.75, 3.05) is 11.9 Å². The minimum absolute atomic E-state index is 0.0816. The van der Waals surface area contributed by atoms with E-state index in [1.54, 1.807) is 10.9 Å². The van der Waals surface area contributed by atoms with Crippen molar-refractivity contribution in [2.24, 2.45) is 11.1 Å². The van der Waals surface area contributed by atoms with Gasteiger partial charge in [0.1, 0.15) is 0 Å². The largest absolute Gasteiger partial charge is 0.329 e. The topological polar surface area (TPSA) is 72.9 Å². The first-order valence-electron chi connectivity index (χ1n) is 6.14. The summed E-state index contributed by atoms with van der Waals surface area (Å²) in [7, 11) is 0. The van der Waals surface area contributed by atoms with Crippen molar-refractivity contribution in [3.05, 3.63) is 42.7 Å². The van der Waals surface area contributed by atoms with Crippen molar-refractivity contribution in [2.45, 2.75) is 13.8 Å². The predicted octanol–water partition coefficient (Wildman–Crippen LogP) is 1.80. The fraction of sp³-hybridized carbons (Fsp3) is 0.286. The number of hydrogen-bond donors (Lipinski definition) is 2. The highest BCUT2D eigenvalue weighted by molar-refractivity contribution is 5.95. The van der Waals surface area contributed by atoms with Crippen LogP contribution in [0.25, 0.3) is 5.69 Å². The first kappa shape index (κ1) is 13.3. The lowest BCUT2D eigenvalue weighted by Crippen LogP contribution is -2.37. The van der Waals surface area contributed by atoms with Crippen LogP contribution in [0, 0.1) is 5.41 Å². The fourth-order valence-corrected chi connectivity index (χ4v) is 1.51. The molecule has 0 aliphatic rings. The Bertz CT molecular complexity index is 543. The smallest absolute Gasteiger partial charge is 0.231 e. The van der Waals surface area contributed by atoms with Gasteiger partial charge in [-0.3, -0.25) is 4.79 Å². The van der Waals surface area contributed by atoms with E-state index in [9.17, 15) is 4.79 Å². The maximum absolute atomic E-state index is 12.0. The molecule has 0 radical (unpaired) electrons. The number of hydrogen-bond acceptors (Lipinski definition) is 3. The zero-order chi connectivity index (χ0) is 13.9. The molecule has 0 fully saturated rings. The Labute approximate surface area is 112 Å². The second kappa shape index (κ2) is 5.24. The van der Waals surface area contributed by atoms with Crippen molar-refractivity contribution in [3.8, 4) is 5.69 Å². The highest BCUT2D eigenvalue weighted by Crippen LogP contribution is 2.18. The molecule has 0 bridgehead atoms. The molecule has 0 aliphatic heterocycles. The lowest BCUT2D eigenvalue weighted by molar-refractivity contribution is -0.123. The minimum atomic E-state index is -0.569. The number of anilines is 1. The first-order chi connectivity index (χ1) is 9.03. The van der Waals surface area contributed by atoms with Crippen molar-refractivity contribution >= 4 is 11.6 Å². The summed E-state index contributed by atoms with van der Waals surface area (Å²) in [6, 6.07) is 9.36. The van der Waals surface area contributed by atoms with Gasteiger partial charge in [-0.05, 0) is 44.2 Å². The molecular weight excluding hydrogens is 240 g/mol. The van der Waals surface area contributed by atoms with Crippen LogP contribution in [-0.2, 0) is 4.79 Å². The summed E-state index contributed by atoms with van der Waals surface area (Å²) in [4.78, 5) is 12.0. The molecule has 2 aromatic rings. The van der Waals surface area contributed by atoms with Crippen molar-refractivity contribution < 1.29 is 4.79 Å². The average molecular weight is 258 g/mol. The number of carbonyl (C=O) groups is 1. The molecule has 0 aliphatic carbocycles. The molecule has 5 heteroatoms. The van der Waals surface area contributed by atoms with Gasteiger partial charge in [-0.2, -0.15) is 5.10 Å². The Morgan fingerprint density at radius 1 is 1.37 bits per heavy atom. The van der Waals surface area contributed by atoms with Gasteiger partial charge in [0.15, 0.2) is 0 Å². The lowest BCUT2D eigenvalue weighted by atomic mass is 9.92. The normalized spacial score (nSPS) is 11.3. The second-order valence-corrected chi connectivity index (χ2v) is 5.04. The molecule has 3 N–H and O–H groups in total. The summed E-state index contributed by atoms with van der Waals surface area (Å²) in [5.74, 6) is -0.0816. The van der Waals surface area contributed by atoms with Gasteiger partial charge in [-0.1, -0.05) is 0 Å². The summed E-state index contributed by atoms with van der Waals surface area (Å²) >= 11 is 0. The van der Waals surface area contributed by atoms with E-state index in [0.717, 1.165) is 11.4 Å². The standard InChI is InChI=1S/C14H18N4O/c1-14(2,10-15)13(19)17-11-4-6-12(7-5-11)18-9-3-8-16-18/h3-9H,10,15H2,1-2H3,(H,17,19). The summed E-state index contributed by atoms with van der Waals surface area (Å²) in [6.07, 6.45) is 3.59. The van der Waals surface area contributed by atoms with Crippen LogP contribution in [0.2, 0.25) is 0 Å². The molecule has 2 rings (SSSR count). The van der Waals surface area contributed by atoms with E-state index in [0.29, 0.717) is 6.54 Å². The molecule has 100 valence electrons. The molecule has 0 saturated carbocycles. The van der Waals surface area contributed by atoms with Crippen LogP contribution >= 0.6 is 0 Å². The second-order valence-electron chi connectivity index (χ2n) is 5.04. The van der Waals surface area contributed by atoms with E-state index < -0.39 is 5.41 Å². The molecule has 19 heavy (non-hydrogen) atoms. The van der Waals surface area contributed by atoms with Gasteiger partial charge in [-0.15, -0.1) is 0 Å². The van der Waals surface area contributed by atoms with E-state index in [1.165, 1.54) is 0 Å². The molecule has 1 aromatic heterocycles. The van der Waals surface area contributed by atoms with Gasteiger partial charge in [0.2, 0.25) is 5.91 Å². The Morgan fingerprint density at radius 3 is 2.58 bits per heavy atom. The Balaban J connectivity index is 2.10. The van der Waals surface area contributed by atoms with Crippen LogP contribution < -0.4 is 11.1 Å². The summed E-state index contributed by atoms with van der Waals surface area (Å²) in [5, 5.41) is 7.00. The monoisotopic (exact) mass is 258 g/mol. The van der Waals surface area contributed by atoms with E-state index in [4.69, 9.17) is 5.73 Å². The molecule has 0 unspecified atom stereocenters.